The normalized spacial score (nSPS) is 15.1. The van der Waals surface area contributed by atoms with Gasteiger partial charge in [-0.2, -0.15) is 0 Å². The lowest BCUT2D eigenvalue weighted by molar-refractivity contribution is -0.116. The van der Waals surface area contributed by atoms with Gasteiger partial charge in [-0.3, -0.25) is 19.7 Å². The van der Waals surface area contributed by atoms with Crippen molar-refractivity contribution >= 4 is 30.2 Å². The highest BCUT2D eigenvalue weighted by atomic mass is 32.1. The Hall–Kier alpha value is -1.62. The minimum atomic E-state index is -0.888. The molecule has 14 heavy (non-hydrogen) atoms. The Bertz CT molecular complexity index is 467. The summed E-state index contributed by atoms with van der Waals surface area (Å²) in [7, 11) is 0. The number of fused-ring (bicyclic) bond motifs is 1. The van der Waals surface area contributed by atoms with E-state index in [9.17, 15) is 14.4 Å². The highest BCUT2D eigenvalue weighted by Gasteiger charge is 2.29. The third kappa shape index (κ3) is 1.22. The van der Waals surface area contributed by atoms with Gasteiger partial charge in [0.1, 0.15) is 0 Å². The van der Waals surface area contributed by atoms with E-state index in [1.165, 1.54) is 12.1 Å². The van der Waals surface area contributed by atoms with E-state index in [1.54, 1.807) is 6.07 Å². The van der Waals surface area contributed by atoms with Gasteiger partial charge < -0.3 is 0 Å². The van der Waals surface area contributed by atoms with Crippen molar-refractivity contribution in [2.75, 3.05) is 0 Å². The molecule has 1 aliphatic rings. The monoisotopic (exact) mass is 207 g/mol. The van der Waals surface area contributed by atoms with Crippen molar-refractivity contribution in [1.82, 2.24) is 5.32 Å². The van der Waals surface area contributed by atoms with Crippen molar-refractivity contribution in [2.24, 2.45) is 0 Å². The van der Waals surface area contributed by atoms with Crippen LogP contribution in [-0.4, -0.2) is 17.6 Å². The molecule has 2 amide bonds. The summed E-state index contributed by atoms with van der Waals surface area (Å²) in [5.41, 5.74) is 0.332. The quantitative estimate of drug-likeness (QED) is 0.368. The van der Waals surface area contributed by atoms with Gasteiger partial charge in [-0.15, -0.1) is 12.6 Å². The number of ketones is 1. The summed E-state index contributed by atoms with van der Waals surface area (Å²) in [5, 5.41) is 1.95. The first-order chi connectivity index (χ1) is 6.59. The summed E-state index contributed by atoms with van der Waals surface area (Å²) in [5.74, 6) is -2.13. The van der Waals surface area contributed by atoms with Crippen LogP contribution in [0.2, 0.25) is 0 Å². The average Bonchev–Trinajstić information content (AvgIpc) is 2.14. The Kier molecular flexibility index (Phi) is 1.89. The second-order valence-corrected chi connectivity index (χ2v) is 3.36. The van der Waals surface area contributed by atoms with E-state index in [1.807, 2.05) is 5.32 Å². The average molecular weight is 207 g/mol. The Balaban J connectivity index is 2.68. The van der Waals surface area contributed by atoms with Crippen LogP contribution in [0.5, 0.6) is 0 Å². The number of hydrogen-bond acceptors (Lipinski definition) is 4. The molecule has 1 heterocycles. The molecule has 4 nitrogen and oxygen atoms in total. The number of benzene rings is 1. The van der Waals surface area contributed by atoms with Gasteiger partial charge in [-0.25, -0.2) is 0 Å². The fraction of sp³-hybridized carbons (Fsp3) is 0. The van der Waals surface area contributed by atoms with E-state index in [-0.39, 0.29) is 11.1 Å². The standard InChI is InChI=1S/C9H5NO3S/c11-7-6-3-4(14)1-2-5(6)8(12)10-9(7)13/h1-3,14H,(H,10,12,13). The second-order valence-electron chi connectivity index (χ2n) is 2.84. The second kappa shape index (κ2) is 2.95. The summed E-state index contributed by atoms with van der Waals surface area (Å²) in [6.07, 6.45) is 0. The van der Waals surface area contributed by atoms with Gasteiger partial charge in [-0.1, -0.05) is 0 Å². The van der Waals surface area contributed by atoms with Crippen LogP contribution < -0.4 is 5.32 Å². The fourth-order valence-electron chi connectivity index (χ4n) is 1.27. The number of carbonyl (C=O) groups is 3. The van der Waals surface area contributed by atoms with Gasteiger partial charge in [0.2, 0.25) is 0 Å². The Morgan fingerprint density at radius 1 is 1.00 bits per heavy atom. The molecule has 0 aromatic heterocycles. The lowest BCUT2D eigenvalue weighted by Gasteiger charge is -2.13. The van der Waals surface area contributed by atoms with Crippen molar-refractivity contribution < 1.29 is 14.4 Å². The van der Waals surface area contributed by atoms with Crippen molar-refractivity contribution in [2.45, 2.75) is 4.90 Å². The third-order valence-corrected chi connectivity index (χ3v) is 2.20. The molecule has 1 aromatic carbocycles. The number of carbonyl (C=O) groups excluding carboxylic acids is 3. The molecule has 0 saturated carbocycles. The van der Waals surface area contributed by atoms with Crippen LogP contribution in [0.3, 0.4) is 0 Å². The minimum absolute atomic E-state index is 0.117. The molecule has 0 unspecified atom stereocenters. The molecular weight excluding hydrogens is 202 g/mol. The SMILES string of the molecule is O=C1NC(=O)c2ccc(S)cc2C1=O. The molecule has 1 aliphatic heterocycles. The zero-order valence-corrected chi connectivity index (χ0v) is 7.80. The molecule has 0 saturated heterocycles. The van der Waals surface area contributed by atoms with Crippen LogP contribution in [0.1, 0.15) is 20.7 Å². The zero-order valence-electron chi connectivity index (χ0n) is 6.90. The summed E-state index contributed by atoms with van der Waals surface area (Å²) < 4.78 is 0. The number of nitrogens with one attached hydrogen (secondary N) is 1. The van der Waals surface area contributed by atoms with Crippen LogP contribution in [-0.2, 0) is 4.79 Å². The Labute approximate surface area is 84.7 Å². The number of hydrogen-bond donors (Lipinski definition) is 2. The Morgan fingerprint density at radius 2 is 1.71 bits per heavy atom. The molecule has 0 bridgehead atoms. The van der Waals surface area contributed by atoms with Crippen molar-refractivity contribution in [1.29, 1.82) is 0 Å². The lowest BCUT2D eigenvalue weighted by Crippen LogP contribution is -2.41. The van der Waals surface area contributed by atoms with E-state index in [2.05, 4.69) is 12.6 Å². The van der Waals surface area contributed by atoms with E-state index in [4.69, 9.17) is 0 Å². The smallest absolute Gasteiger partial charge is 0.285 e. The molecule has 1 N–H and O–H groups in total. The fourth-order valence-corrected chi connectivity index (χ4v) is 1.47. The molecule has 0 fully saturated rings. The maximum atomic E-state index is 11.3. The molecule has 2 rings (SSSR count). The van der Waals surface area contributed by atoms with Crippen molar-refractivity contribution in [3.05, 3.63) is 29.3 Å². The highest BCUT2D eigenvalue weighted by Crippen LogP contribution is 2.18. The molecule has 0 atom stereocenters. The van der Waals surface area contributed by atoms with Crippen molar-refractivity contribution in [3.63, 3.8) is 0 Å². The number of rotatable bonds is 0. The van der Waals surface area contributed by atoms with Crippen LogP contribution in [0.4, 0.5) is 0 Å². The van der Waals surface area contributed by atoms with E-state index >= 15 is 0 Å². The van der Waals surface area contributed by atoms with Gasteiger partial charge in [0, 0.05) is 10.5 Å². The number of Topliss-reactive ketones (excluding diaryl/α,β-unsaturated/α-hetero) is 1. The maximum absolute atomic E-state index is 11.3. The summed E-state index contributed by atoms with van der Waals surface area (Å²) in [6, 6.07) is 4.47. The molecule has 5 heteroatoms. The van der Waals surface area contributed by atoms with E-state index < -0.39 is 17.6 Å². The van der Waals surface area contributed by atoms with Gasteiger partial charge >= 0.3 is 0 Å². The van der Waals surface area contributed by atoms with Crippen molar-refractivity contribution in [3.8, 4) is 0 Å². The van der Waals surface area contributed by atoms with Crippen LogP contribution >= 0.6 is 12.6 Å². The number of thiol groups is 1. The maximum Gasteiger partial charge on any atom is 0.299 e. The largest absolute Gasteiger partial charge is 0.299 e. The first-order valence-corrected chi connectivity index (χ1v) is 4.27. The predicted octanol–water partition coefficient (Wildman–Crippen LogP) is 0.428. The summed E-state index contributed by atoms with van der Waals surface area (Å²) >= 11 is 4.02. The van der Waals surface area contributed by atoms with Gasteiger partial charge in [0.05, 0.1) is 5.56 Å². The highest BCUT2D eigenvalue weighted by molar-refractivity contribution is 7.80. The van der Waals surface area contributed by atoms with Crippen LogP contribution in [0.15, 0.2) is 23.1 Å². The molecule has 70 valence electrons. The van der Waals surface area contributed by atoms with E-state index in [0.29, 0.717) is 4.90 Å². The first kappa shape index (κ1) is 8.96. The number of amides is 2. The predicted molar refractivity (Wildman–Crippen MR) is 50.5 cm³/mol. The number of imide groups is 1. The zero-order chi connectivity index (χ0) is 10.3. The third-order valence-electron chi connectivity index (χ3n) is 1.93. The molecule has 0 aliphatic carbocycles. The van der Waals surface area contributed by atoms with E-state index in [0.717, 1.165) is 0 Å². The molecule has 0 radical (unpaired) electrons. The minimum Gasteiger partial charge on any atom is -0.285 e. The van der Waals surface area contributed by atoms with Gasteiger partial charge in [0.25, 0.3) is 17.6 Å². The molecule has 0 spiro atoms. The summed E-state index contributed by atoms with van der Waals surface area (Å²) in [6.45, 7) is 0. The topological polar surface area (TPSA) is 63.2 Å². The molecule has 1 aromatic rings. The first-order valence-electron chi connectivity index (χ1n) is 3.82. The van der Waals surface area contributed by atoms with Gasteiger partial charge in [0.15, 0.2) is 0 Å². The van der Waals surface area contributed by atoms with Crippen LogP contribution in [0, 0.1) is 0 Å². The lowest BCUT2D eigenvalue weighted by atomic mass is 9.99. The Morgan fingerprint density at radius 3 is 2.43 bits per heavy atom. The summed E-state index contributed by atoms with van der Waals surface area (Å²) in [4.78, 5) is 34.1. The van der Waals surface area contributed by atoms with Crippen LogP contribution in [0.25, 0.3) is 0 Å². The molecular formula is C9H5NO3S. The van der Waals surface area contributed by atoms with Gasteiger partial charge in [-0.05, 0) is 18.2 Å².